The van der Waals surface area contributed by atoms with Gasteiger partial charge in [0.2, 0.25) is 0 Å². The zero-order valence-corrected chi connectivity index (χ0v) is 11.1. The standard InChI is InChI=1S/C14H26N2O/c1-2-3-4-5-6-7-8-9-14-15-10-11-16(14)12-13-17/h4-5,17H,2-3,6-13H2,1H3/b5-4+. The Bertz CT molecular complexity index is 249. The molecule has 0 aromatic rings. The van der Waals surface area contributed by atoms with Crippen LogP contribution in [0.25, 0.3) is 0 Å². The average molecular weight is 238 g/mol. The smallest absolute Gasteiger partial charge is 0.0991 e. The van der Waals surface area contributed by atoms with Crippen molar-refractivity contribution < 1.29 is 5.11 Å². The fraction of sp³-hybridized carbons (Fsp3) is 0.786. The molecular formula is C14H26N2O. The van der Waals surface area contributed by atoms with E-state index in [1.807, 2.05) is 0 Å². The lowest BCUT2D eigenvalue weighted by atomic mass is 10.1. The maximum atomic E-state index is 8.93. The highest BCUT2D eigenvalue weighted by Crippen LogP contribution is 2.10. The summed E-state index contributed by atoms with van der Waals surface area (Å²) in [4.78, 5) is 6.71. The largest absolute Gasteiger partial charge is 0.395 e. The molecule has 0 spiro atoms. The fourth-order valence-corrected chi connectivity index (χ4v) is 2.08. The lowest BCUT2D eigenvalue weighted by Crippen LogP contribution is -2.30. The minimum atomic E-state index is 0.235. The van der Waals surface area contributed by atoms with Crippen LogP contribution < -0.4 is 0 Å². The molecule has 0 fully saturated rings. The van der Waals surface area contributed by atoms with E-state index in [0.29, 0.717) is 0 Å². The molecule has 0 saturated heterocycles. The second kappa shape index (κ2) is 9.23. The van der Waals surface area contributed by atoms with Crippen molar-refractivity contribution in [2.75, 3.05) is 26.2 Å². The zero-order chi connectivity index (χ0) is 12.3. The Morgan fingerprint density at radius 3 is 2.88 bits per heavy atom. The summed E-state index contributed by atoms with van der Waals surface area (Å²) in [7, 11) is 0. The van der Waals surface area contributed by atoms with E-state index in [0.717, 1.165) is 26.1 Å². The molecular weight excluding hydrogens is 212 g/mol. The van der Waals surface area contributed by atoms with Gasteiger partial charge in [-0.25, -0.2) is 0 Å². The number of unbranched alkanes of at least 4 members (excludes halogenated alkanes) is 3. The Labute approximate surface area is 105 Å². The van der Waals surface area contributed by atoms with Gasteiger partial charge in [0, 0.05) is 19.5 Å². The normalized spacial score (nSPS) is 15.9. The number of aliphatic imine (C=N–C) groups is 1. The molecule has 3 heteroatoms. The van der Waals surface area contributed by atoms with Crippen LogP contribution in [0.2, 0.25) is 0 Å². The highest BCUT2D eigenvalue weighted by molar-refractivity contribution is 5.83. The molecule has 1 aliphatic rings. The topological polar surface area (TPSA) is 35.8 Å². The van der Waals surface area contributed by atoms with E-state index in [1.165, 1.54) is 37.9 Å². The number of hydrogen-bond donors (Lipinski definition) is 1. The summed E-state index contributed by atoms with van der Waals surface area (Å²) in [6.45, 7) is 5.09. The van der Waals surface area contributed by atoms with Gasteiger partial charge in [0.25, 0.3) is 0 Å². The van der Waals surface area contributed by atoms with Gasteiger partial charge < -0.3 is 10.0 Å². The summed E-state index contributed by atoms with van der Waals surface area (Å²) < 4.78 is 0. The molecule has 0 unspecified atom stereocenters. The number of amidine groups is 1. The second-order valence-corrected chi connectivity index (χ2v) is 4.51. The molecule has 0 amide bonds. The van der Waals surface area contributed by atoms with Gasteiger partial charge in [-0.2, -0.15) is 0 Å². The van der Waals surface area contributed by atoms with E-state index < -0.39 is 0 Å². The third kappa shape index (κ3) is 5.87. The van der Waals surface area contributed by atoms with Gasteiger partial charge in [-0.05, 0) is 25.7 Å². The maximum Gasteiger partial charge on any atom is 0.0991 e. The molecule has 0 aromatic heterocycles. The number of aliphatic hydroxyl groups excluding tert-OH is 1. The molecule has 1 rings (SSSR count). The molecule has 0 radical (unpaired) electrons. The van der Waals surface area contributed by atoms with E-state index >= 15 is 0 Å². The third-order valence-corrected chi connectivity index (χ3v) is 3.04. The van der Waals surface area contributed by atoms with Gasteiger partial charge in [0.05, 0.1) is 19.0 Å². The molecule has 17 heavy (non-hydrogen) atoms. The first-order chi connectivity index (χ1) is 8.38. The van der Waals surface area contributed by atoms with Crippen LogP contribution in [0.4, 0.5) is 0 Å². The molecule has 0 aromatic carbocycles. The number of hydrogen-bond acceptors (Lipinski definition) is 3. The molecule has 1 aliphatic heterocycles. The van der Waals surface area contributed by atoms with Crippen LogP contribution in [0.5, 0.6) is 0 Å². The van der Waals surface area contributed by atoms with Crippen molar-refractivity contribution in [3.05, 3.63) is 12.2 Å². The van der Waals surface area contributed by atoms with Gasteiger partial charge in [0.1, 0.15) is 0 Å². The Balaban J connectivity index is 2.06. The molecule has 1 heterocycles. The van der Waals surface area contributed by atoms with Gasteiger partial charge in [-0.1, -0.05) is 25.5 Å². The van der Waals surface area contributed by atoms with Crippen LogP contribution in [0.3, 0.4) is 0 Å². The summed E-state index contributed by atoms with van der Waals surface area (Å²) in [5, 5.41) is 8.93. The van der Waals surface area contributed by atoms with E-state index in [9.17, 15) is 0 Å². The Kier molecular flexibility index (Phi) is 7.72. The molecule has 0 saturated carbocycles. The Morgan fingerprint density at radius 2 is 2.12 bits per heavy atom. The van der Waals surface area contributed by atoms with Crippen molar-refractivity contribution >= 4 is 5.84 Å². The molecule has 0 bridgehead atoms. The molecule has 0 atom stereocenters. The van der Waals surface area contributed by atoms with Crippen molar-refractivity contribution in [1.29, 1.82) is 0 Å². The average Bonchev–Trinajstić information content (AvgIpc) is 2.76. The van der Waals surface area contributed by atoms with Gasteiger partial charge >= 0.3 is 0 Å². The van der Waals surface area contributed by atoms with Crippen molar-refractivity contribution in [2.45, 2.75) is 45.4 Å². The molecule has 0 aliphatic carbocycles. The number of β-amino-alcohol motifs (C(OH)–C–C–N with tert-alkyl or cyclic N) is 1. The van der Waals surface area contributed by atoms with Crippen molar-refractivity contribution in [1.82, 2.24) is 4.90 Å². The Morgan fingerprint density at radius 1 is 1.29 bits per heavy atom. The van der Waals surface area contributed by atoms with Gasteiger partial charge in [-0.15, -0.1) is 0 Å². The summed E-state index contributed by atoms with van der Waals surface area (Å²) in [5.41, 5.74) is 0. The van der Waals surface area contributed by atoms with Crippen molar-refractivity contribution in [2.24, 2.45) is 4.99 Å². The molecule has 3 nitrogen and oxygen atoms in total. The monoisotopic (exact) mass is 238 g/mol. The summed E-state index contributed by atoms with van der Waals surface area (Å²) in [6.07, 6.45) is 11.7. The lowest BCUT2D eigenvalue weighted by molar-refractivity contribution is 0.255. The highest BCUT2D eigenvalue weighted by Gasteiger charge is 2.14. The van der Waals surface area contributed by atoms with Crippen LogP contribution >= 0.6 is 0 Å². The minimum Gasteiger partial charge on any atom is -0.395 e. The van der Waals surface area contributed by atoms with Crippen LogP contribution in [0.1, 0.15) is 45.4 Å². The van der Waals surface area contributed by atoms with Crippen molar-refractivity contribution in [3.8, 4) is 0 Å². The number of aliphatic hydroxyl groups is 1. The number of nitrogens with zero attached hydrogens (tertiary/aromatic N) is 2. The second-order valence-electron chi connectivity index (χ2n) is 4.51. The predicted octanol–water partition coefficient (Wildman–Crippen LogP) is 2.61. The SMILES string of the molecule is CCC/C=C/CCCCC1=NCCN1CCO. The van der Waals surface area contributed by atoms with E-state index in [1.54, 1.807) is 0 Å². The molecule has 1 N–H and O–H groups in total. The van der Waals surface area contributed by atoms with Crippen molar-refractivity contribution in [3.63, 3.8) is 0 Å². The zero-order valence-electron chi connectivity index (χ0n) is 11.1. The lowest BCUT2D eigenvalue weighted by Gasteiger charge is -2.18. The fourth-order valence-electron chi connectivity index (χ4n) is 2.08. The first kappa shape index (κ1) is 14.2. The number of allylic oxidation sites excluding steroid dienone is 2. The summed E-state index contributed by atoms with van der Waals surface area (Å²) in [6, 6.07) is 0. The van der Waals surface area contributed by atoms with Crippen LogP contribution in [0.15, 0.2) is 17.1 Å². The van der Waals surface area contributed by atoms with Gasteiger partial charge in [-0.3, -0.25) is 4.99 Å². The summed E-state index contributed by atoms with van der Waals surface area (Å²) in [5.74, 6) is 1.21. The highest BCUT2D eigenvalue weighted by atomic mass is 16.3. The molecule has 98 valence electrons. The maximum absolute atomic E-state index is 8.93. The van der Waals surface area contributed by atoms with E-state index in [2.05, 4.69) is 29.0 Å². The van der Waals surface area contributed by atoms with Crippen LogP contribution in [0, 0.1) is 0 Å². The first-order valence-electron chi connectivity index (χ1n) is 6.92. The quantitative estimate of drug-likeness (QED) is 0.495. The third-order valence-electron chi connectivity index (χ3n) is 3.04. The predicted molar refractivity (Wildman–Crippen MR) is 73.5 cm³/mol. The van der Waals surface area contributed by atoms with Crippen LogP contribution in [-0.2, 0) is 0 Å². The van der Waals surface area contributed by atoms with E-state index in [-0.39, 0.29) is 6.61 Å². The summed E-state index contributed by atoms with van der Waals surface area (Å²) >= 11 is 0. The first-order valence-corrected chi connectivity index (χ1v) is 6.92. The van der Waals surface area contributed by atoms with E-state index in [4.69, 9.17) is 5.11 Å². The van der Waals surface area contributed by atoms with Gasteiger partial charge in [0.15, 0.2) is 0 Å². The minimum absolute atomic E-state index is 0.235. The Hall–Kier alpha value is -0.830. The number of rotatable bonds is 9. The van der Waals surface area contributed by atoms with Crippen LogP contribution in [-0.4, -0.2) is 42.1 Å².